The van der Waals surface area contributed by atoms with E-state index in [2.05, 4.69) is 10.2 Å². The molecule has 0 bridgehead atoms. The third-order valence-electron chi connectivity index (χ3n) is 4.10. The van der Waals surface area contributed by atoms with Crippen LogP contribution >= 0.6 is 0 Å². The number of carbonyl (C=O) groups is 1. The molecule has 0 radical (unpaired) electrons. The summed E-state index contributed by atoms with van der Waals surface area (Å²) in [5, 5.41) is 27.0. The quantitative estimate of drug-likeness (QED) is 0.776. The minimum Gasteiger partial charge on any atom is -0.479 e. The Morgan fingerprint density at radius 3 is 2.58 bits per heavy atom. The zero-order chi connectivity index (χ0) is 19.3. The van der Waals surface area contributed by atoms with Gasteiger partial charge < -0.3 is 15.1 Å². The van der Waals surface area contributed by atoms with Gasteiger partial charge in [-0.05, 0) is 32.1 Å². The Morgan fingerprint density at radius 1 is 1.31 bits per heavy atom. The van der Waals surface area contributed by atoms with Gasteiger partial charge in [0.15, 0.2) is 6.04 Å². The molecule has 1 atom stereocenters. The van der Waals surface area contributed by atoms with Crippen molar-refractivity contribution in [1.82, 2.24) is 10.2 Å². The van der Waals surface area contributed by atoms with Crippen molar-refractivity contribution in [1.29, 1.82) is 0 Å². The molecular formula is C17H16F3N3O3. The van der Waals surface area contributed by atoms with E-state index >= 15 is 0 Å². The number of hydrogen-bond acceptors (Lipinski definition) is 4. The molecule has 0 amide bonds. The highest BCUT2D eigenvalue weighted by molar-refractivity contribution is 5.89. The molecule has 2 heterocycles. The molecule has 0 aliphatic carbocycles. The summed E-state index contributed by atoms with van der Waals surface area (Å²) in [6.45, 7) is 2.83. The number of benzene rings is 1. The molecule has 0 saturated heterocycles. The maximum Gasteiger partial charge on any atom is 0.431 e. The van der Waals surface area contributed by atoms with Crippen molar-refractivity contribution in [3.8, 4) is 0 Å². The molecule has 1 aromatic carbocycles. The number of halogens is 3. The zero-order valence-corrected chi connectivity index (χ0v) is 13.9. The van der Waals surface area contributed by atoms with Gasteiger partial charge in [-0.2, -0.15) is 18.3 Å². The summed E-state index contributed by atoms with van der Waals surface area (Å²) in [5.74, 6) is -1.44. The second kappa shape index (κ2) is 5.87. The summed E-state index contributed by atoms with van der Waals surface area (Å²) >= 11 is 0. The number of allylic oxidation sites excluding steroid dienone is 3. The summed E-state index contributed by atoms with van der Waals surface area (Å²) in [6.07, 6.45) is -0.323. The van der Waals surface area contributed by atoms with Crippen LogP contribution in [0.3, 0.4) is 0 Å². The van der Waals surface area contributed by atoms with E-state index in [0.29, 0.717) is 15.8 Å². The number of aliphatic carboxylic acids is 1. The highest BCUT2D eigenvalue weighted by Crippen LogP contribution is 2.41. The molecule has 0 saturated carbocycles. The molecule has 3 N–H and O–H groups in total. The molecule has 9 heteroatoms. The van der Waals surface area contributed by atoms with Gasteiger partial charge in [-0.15, -0.1) is 0 Å². The Bertz CT molecular complexity index is 923. The van der Waals surface area contributed by atoms with E-state index in [9.17, 15) is 28.2 Å². The van der Waals surface area contributed by atoms with E-state index in [-0.39, 0.29) is 11.3 Å². The zero-order valence-electron chi connectivity index (χ0n) is 13.9. The van der Waals surface area contributed by atoms with E-state index in [1.165, 1.54) is 32.2 Å². The van der Waals surface area contributed by atoms with Crippen molar-refractivity contribution in [2.75, 3.05) is 4.90 Å². The van der Waals surface area contributed by atoms with Gasteiger partial charge in [0.25, 0.3) is 0 Å². The Hall–Kier alpha value is -2.81. The average Bonchev–Trinajstić information content (AvgIpc) is 2.98. The number of hydrogen-bond donors (Lipinski definition) is 3. The lowest BCUT2D eigenvalue weighted by Crippen LogP contribution is -2.45. The van der Waals surface area contributed by atoms with E-state index in [1.807, 2.05) is 0 Å². The monoisotopic (exact) mass is 367 g/mol. The van der Waals surface area contributed by atoms with Crippen LogP contribution in [0.25, 0.3) is 10.9 Å². The van der Waals surface area contributed by atoms with Crippen LogP contribution in [-0.4, -0.2) is 38.6 Å². The number of nitrogens with zero attached hydrogens (tertiary/aromatic N) is 2. The van der Waals surface area contributed by atoms with Crippen LogP contribution in [0, 0.1) is 0 Å². The van der Waals surface area contributed by atoms with Crippen molar-refractivity contribution < 1.29 is 28.2 Å². The molecule has 3 rings (SSSR count). The van der Waals surface area contributed by atoms with Crippen molar-refractivity contribution in [2.24, 2.45) is 0 Å². The number of carboxylic acid groups (broad SMARTS) is 1. The largest absolute Gasteiger partial charge is 0.479 e. The van der Waals surface area contributed by atoms with Crippen LogP contribution < -0.4 is 4.90 Å². The standard InChI is InChI=1S/C17H16F3N3O3/c1-16(2,26)10-7-11-9(8-21-22-11)6-13(10)23-12(15(24)25)4-3-5-14(23)17(18,19)20/h3-8,12,26H,1-2H3,(H,21,22)(H,24,25). The molecule has 26 heavy (non-hydrogen) atoms. The highest BCUT2D eigenvalue weighted by Gasteiger charge is 2.44. The first-order chi connectivity index (χ1) is 12.0. The van der Waals surface area contributed by atoms with Crippen LogP contribution in [0.15, 0.2) is 42.3 Å². The number of anilines is 1. The smallest absolute Gasteiger partial charge is 0.431 e. The lowest BCUT2D eigenvalue weighted by Gasteiger charge is -2.37. The lowest BCUT2D eigenvalue weighted by atomic mass is 9.93. The van der Waals surface area contributed by atoms with Gasteiger partial charge in [-0.1, -0.05) is 12.2 Å². The van der Waals surface area contributed by atoms with Crippen LogP contribution in [-0.2, 0) is 10.4 Å². The Balaban J connectivity index is 2.31. The van der Waals surface area contributed by atoms with Gasteiger partial charge in [-0.25, -0.2) is 4.79 Å². The maximum atomic E-state index is 13.6. The first-order valence-corrected chi connectivity index (χ1v) is 7.68. The number of rotatable bonds is 3. The van der Waals surface area contributed by atoms with Crippen molar-refractivity contribution in [2.45, 2.75) is 31.7 Å². The lowest BCUT2D eigenvalue weighted by molar-refractivity contribution is -0.137. The van der Waals surface area contributed by atoms with Crippen LogP contribution in [0.4, 0.5) is 18.9 Å². The predicted molar refractivity (Wildman–Crippen MR) is 88.5 cm³/mol. The number of aliphatic hydroxyl groups is 1. The first kappa shape index (κ1) is 18.0. The summed E-state index contributed by atoms with van der Waals surface area (Å²) < 4.78 is 40.7. The average molecular weight is 367 g/mol. The van der Waals surface area contributed by atoms with Crippen LogP contribution in [0.5, 0.6) is 0 Å². The number of carboxylic acids is 1. The summed E-state index contributed by atoms with van der Waals surface area (Å²) in [6, 6.07) is 1.30. The topological polar surface area (TPSA) is 89.5 Å². The molecule has 6 nitrogen and oxygen atoms in total. The van der Waals surface area contributed by atoms with Crippen LogP contribution in [0.1, 0.15) is 19.4 Å². The van der Waals surface area contributed by atoms with E-state index in [0.717, 1.165) is 18.2 Å². The fourth-order valence-electron chi connectivity index (χ4n) is 2.94. The minimum atomic E-state index is -4.78. The molecule has 2 aromatic rings. The second-order valence-corrected chi connectivity index (χ2v) is 6.47. The van der Waals surface area contributed by atoms with Crippen molar-refractivity contribution >= 4 is 22.6 Å². The van der Waals surface area contributed by atoms with Gasteiger partial charge >= 0.3 is 12.1 Å². The number of aromatic nitrogens is 2. The number of aromatic amines is 1. The maximum absolute atomic E-state index is 13.6. The molecule has 0 spiro atoms. The number of nitrogens with one attached hydrogen (secondary N) is 1. The molecular weight excluding hydrogens is 351 g/mol. The second-order valence-electron chi connectivity index (χ2n) is 6.47. The third-order valence-corrected chi connectivity index (χ3v) is 4.10. The molecule has 1 unspecified atom stereocenters. The van der Waals surface area contributed by atoms with E-state index in [4.69, 9.17) is 0 Å². The number of H-pyrrole nitrogens is 1. The molecule has 1 aliphatic heterocycles. The SMILES string of the molecule is CC(C)(O)c1cc2[nH]ncc2cc1N1C(C(F)(F)F)=CC=CC1C(=O)O. The van der Waals surface area contributed by atoms with Crippen molar-refractivity contribution in [3.63, 3.8) is 0 Å². The third kappa shape index (κ3) is 3.05. The van der Waals surface area contributed by atoms with Crippen LogP contribution in [0.2, 0.25) is 0 Å². The van der Waals surface area contributed by atoms with Crippen molar-refractivity contribution in [3.05, 3.63) is 47.8 Å². The van der Waals surface area contributed by atoms with Gasteiger partial charge in [0.2, 0.25) is 0 Å². The van der Waals surface area contributed by atoms with E-state index < -0.39 is 29.5 Å². The summed E-state index contributed by atoms with van der Waals surface area (Å²) in [5.41, 5.74) is -2.03. The Labute approximate surface area is 146 Å². The highest BCUT2D eigenvalue weighted by atomic mass is 19.4. The molecule has 1 aromatic heterocycles. The number of alkyl halides is 3. The summed E-state index contributed by atoms with van der Waals surface area (Å²) in [7, 11) is 0. The van der Waals surface area contributed by atoms with Gasteiger partial charge in [0.1, 0.15) is 5.70 Å². The Kier molecular flexibility index (Phi) is 4.06. The summed E-state index contributed by atoms with van der Waals surface area (Å²) in [4.78, 5) is 12.3. The fourth-order valence-corrected chi connectivity index (χ4v) is 2.94. The molecule has 138 valence electrons. The number of fused-ring (bicyclic) bond motifs is 1. The molecule has 1 aliphatic rings. The van der Waals surface area contributed by atoms with Gasteiger partial charge in [-0.3, -0.25) is 5.10 Å². The van der Waals surface area contributed by atoms with Gasteiger partial charge in [0, 0.05) is 16.6 Å². The Morgan fingerprint density at radius 2 is 2.00 bits per heavy atom. The first-order valence-electron chi connectivity index (χ1n) is 7.68. The van der Waals surface area contributed by atoms with Gasteiger partial charge in [0.05, 0.1) is 17.3 Å². The molecule has 0 fully saturated rings. The predicted octanol–water partition coefficient (Wildman–Crippen LogP) is 3.07. The minimum absolute atomic E-state index is 0.0493. The van der Waals surface area contributed by atoms with E-state index in [1.54, 1.807) is 0 Å². The fraction of sp³-hybridized carbons (Fsp3) is 0.294. The normalized spacial score (nSPS) is 18.3.